The first-order chi connectivity index (χ1) is 13.2. The normalized spacial score (nSPS) is 15.9. The van der Waals surface area contributed by atoms with Gasteiger partial charge in [-0.3, -0.25) is 9.59 Å². The molecule has 1 aliphatic heterocycles. The van der Waals surface area contributed by atoms with Crippen LogP contribution in [0.2, 0.25) is 0 Å². The first kappa shape index (κ1) is 16.8. The third kappa shape index (κ3) is 3.79. The van der Waals surface area contributed by atoms with Crippen LogP contribution < -0.4 is 15.4 Å². The summed E-state index contributed by atoms with van der Waals surface area (Å²) >= 11 is 0. The van der Waals surface area contributed by atoms with E-state index in [1.165, 1.54) is 6.20 Å². The summed E-state index contributed by atoms with van der Waals surface area (Å²) < 4.78 is 11.1. The van der Waals surface area contributed by atoms with Gasteiger partial charge in [0.2, 0.25) is 0 Å². The lowest BCUT2D eigenvalue weighted by molar-refractivity contribution is -0.118. The summed E-state index contributed by atoms with van der Waals surface area (Å²) in [6, 6.07) is 12.2. The zero-order chi connectivity index (χ0) is 18.6. The Morgan fingerprint density at radius 2 is 2.04 bits per heavy atom. The van der Waals surface area contributed by atoms with Crippen molar-refractivity contribution in [2.75, 3.05) is 11.9 Å². The van der Waals surface area contributed by atoms with Gasteiger partial charge in [0.05, 0.1) is 6.20 Å². The molecule has 0 spiro atoms. The number of carbonyl (C=O) groups excluding carboxylic acids is 2. The van der Waals surface area contributed by atoms with Crippen LogP contribution in [0.4, 0.5) is 5.82 Å². The molecule has 2 N–H and O–H groups in total. The number of oxazole rings is 1. The number of pyridine rings is 1. The standard InChI is InChI=1S/C19H16N4O4/c24-17-14(11-26-15-7-4-8-20-16(15)23-17)22-18(25)19-21-10-13(27-19)9-12-5-2-1-3-6-12/h1-8,10,14H,9,11H2,(H,22,25)(H,20,23,24)/t14-/m0/s1. The number of rotatable bonds is 4. The number of nitrogens with zero attached hydrogens (tertiary/aromatic N) is 2. The molecule has 136 valence electrons. The van der Waals surface area contributed by atoms with E-state index < -0.39 is 17.9 Å². The minimum atomic E-state index is -0.892. The van der Waals surface area contributed by atoms with Gasteiger partial charge in [-0.15, -0.1) is 0 Å². The Morgan fingerprint density at radius 1 is 1.19 bits per heavy atom. The van der Waals surface area contributed by atoms with E-state index in [1.807, 2.05) is 30.3 Å². The summed E-state index contributed by atoms with van der Waals surface area (Å²) in [5.41, 5.74) is 1.04. The summed E-state index contributed by atoms with van der Waals surface area (Å²) in [7, 11) is 0. The molecular formula is C19H16N4O4. The fourth-order valence-electron chi connectivity index (χ4n) is 2.67. The monoisotopic (exact) mass is 364 g/mol. The van der Waals surface area contributed by atoms with Gasteiger partial charge in [0.1, 0.15) is 18.4 Å². The van der Waals surface area contributed by atoms with E-state index in [2.05, 4.69) is 20.6 Å². The van der Waals surface area contributed by atoms with Crippen molar-refractivity contribution >= 4 is 17.6 Å². The van der Waals surface area contributed by atoms with Crippen molar-refractivity contribution in [1.29, 1.82) is 0 Å². The molecule has 1 aliphatic rings. The van der Waals surface area contributed by atoms with Gasteiger partial charge in [-0.05, 0) is 17.7 Å². The highest BCUT2D eigenvalue weighted by Gasteiger charge is 2.28. The Labute approximate surface area is 154 Å². The van der Waals surface area contributed by atoms with Gasteiger partial charge in [-0.1, -0.05) is 30.3 Å². The van der Waals surface area contributed by atoms with Gasteiger partial charge in [-0.2, -0.15) is 0 Å². The minimum Gasteiger partial charge on any atom is -0.487 e. The molecule has 2 aromatic heterocycles. The molecule has 0 unspecified atom stereocenters. The molecule has 0 saturated heterocycles. The zero-order valence-corrected chi connectivity index (χ0v) is 14.2. The topological polar surface area (TPSA) is 106 Å². The smallest absolute Gasteiger partial charge is 0.307 e. The molecule has 4 rings (SSSR count). The van der Waals surface area contributed by atoms with E-state index in [-0.39, 0.29) is 12.5 Å². The molecule has 3 aromatic rings. The van der Waals surface area contributed by atoms with Crippen molar-refractivity contribution in [2.45, 2.75) is 12.5 Å². The number of amides is 2. The largest absolute Gasteiger partial charge is 0.487 e. The van der Waals surface area contributed by atoms with Crippen molar-refractivity contribution < 1.29 is 18.7 Å². The molecule has 0 radical (unpaired) electrons. The molecule has 0 fully saturated rings. The zero-order valence-electron chi connectivity index (χ0n) is 14.2. The molecule has 1 aromatic carbocycles. The highest BCUT2D eigenvalue weighted by atomic mass is 16.5. The number of benzene rings is 1. The molecule has 0 saturated carbocycles. The summed E-state index contributed by atoms with van der Waals surface area (Å²) in [6.45, 7) is -0.0200. The van der Waals surface area contributed by atoms with Gasteiger partial charge >= 0.3 is 5.91 Å². The molecule has 8 heteroatoms. The van der Waals surface area contributed by atoms with Gasteiger partial charge < -0.3 is 19.8 Å². The second-order valence-electron chi connectivity index (χ2n) is 5.97. The molecule has 1 atom stereocenters. The van der Waals surface area contributed by atoms with Crippen LogP contribution in [-0.2, 0) is 11.2 Å². The lowest BCUT2D eigenvalue weighted by Crippen LogP contribution is -2.46. The Hall–Kier alpha value is -3.68. The average molecular weight is 364 g/mol. The number of fused-ring (bicyclic) bond motifs is 1. The van der Waals surface area contributed by atoms with E-state index in [1.54, 1.807) is 18.3 Å². The van der Waals surface area contributed by atoms with Gasteiger partial charge in [-0.25, -0.2) is 9.97 Å². The van der Waals surface area contributed by atoms with Gasteiger partial charge in [0, 0.05) is 12.6 Å². The van der Waals surface area contributed by atoms with Crippen LogP contribution in [0, 0.1) is 0 Å². The highest BCUT2D eigenvalue weighted by molar-refractivity contribution is 6.00. The van der Waals surface area contributed by atoms with Crippen LogP contribution in [0.15, 0.2) is 59.3 Å². The number of anilines is 1. The predicted octanol–water partition coefficient (Wildman–Crippen LogP) is 1.79. The van der Waals surface area contributed by atoms with E-state index in [0.717, 1.165) is 5.56 Å². The van der Waals surface area contributed by atoms with Gasteiger partial charge in [0.15, 0.2) is 11.6 Å². The van der Waals surface area contributed by atoms with E-state index in [9.17, 15) is 9.59 Å². The SMILES string of the molecule is O=C(N[C@H]1COc2cccnc2NC1=O)c1ncc(Cc2ccccc2)o1. The molecule has 2 amide bonds. The molecule has 27 heavy (non-hydrogen) atoms. The van der Waals surface area contributed by atoms with E-state index in [0.29, 0.717) is 23.7 Å². The van der Waals surface area contributed by atoms with Crippen molar-refractivity contribution in [3.05, 3.63) is 72.1 Å². The molecule has 3 heterocycles. The summed E-state index contributed by atoms with van der Waals surface area (Å²) in [5, 5.41) is 5.20. The van der Waals surface area contributed by atoms with Crippen LogP contribution in [0.3, 0.4) is 0 Å². The summed E-state index contributed by atoms with van der Waals surface area (Å²) in [6.07, 6.45) is 3.57. The average Bonchev–Trinajstić information content (AvgIpc) is 3.09. The van der Waals surface area contributed by atoms with E-state index >= 15 is 0 Å². The third-order valence-electron chi connectivity index (χ3n) is 4.01. The molecule has 8 nitrogen and oxygen atoms in total. The van der Waals surface area contributed by atoms with Crippen LogP contribution in [0.25, 0.3) is 0 Å². The number of nitrogens with one attached hydrogen (secondary N) is 2. The lowest BCUT2D eigenvalue weighted by atomic mass is 10.1. The lowest BCUT2D eigenvalue weighted by Gasteiger charge is -2.13. The highest BCUT2D eigenvalue weighted by Crippen LogP contribution is 2.23. The Balaban J connectivity index is 1.41. The second kappa shape index (κ2) is 7.28. The van der Waals surface area contributed by atoms with Crippen molar-refractivity contribution in [3.63, 3.8) is 0 Å². The first-order valence-corrected chi connectivity index (χ1v) is 8.37. The quantitative estimate of drug-likeness (QED) is 0.731. The second-order valence-corrected chi connectivity index (χ2v) is 5.97. The molecule has 0 bridgehead atoms. The Kier molecular flexibility index (Phi) is 4.52. The van der Waals surface area contributed by atoms with E-state index in [4.69, 9.17) is 9.15 Å². The Bertz CT molecular complexity index is 971. The maximum Gasteiger partial charge on any atom is 0.307 e. The Morgan fingerprint density at radius 3 is 2.89 bits per heavy atom. The van der Waals surface area contributed by atoms with Crippen molar-refractivity contribution in [2.24, 2.45) is 0 Å². The fourth-order valence-corrected chi connectivity index (χ4v) is 2.67. The summed E-state index contributed by atoms with van der Waals surface area (Å²) in [5.74, 6) is 0.219. The van der Waals surface area contributed by atoms with Crippen molar-refractivity contribution in [3.8, 4) is 5.75 Å². The fraction of sp³-hybridized carbons (Fsp3) is 0.158. The minimum absolute atomic E-state index is 0.0200. The maximum absolute atomic E-state index is 12.4. The third-order valence-corrected chi connectivity index (χ3v) is 4.01. The summed E-state index contributed by atoms with van der Waals surface area (Å²) in [4.78, 5) is 32.7. The van der Waals surface area contributed by atoms with Crippen LogP contribution >= 0.6 is 0 Å². The molecular weight excluding hydrogens is 348 g/mol. The van der Waals surface area contributed by atoms with Crippen molar-refractivity contribution in [1.82, 2.24) is 15.3 Å². The maximum atomic E-state index is 12.4. The van der Waals surface area contributed by atoms with Crippen LogP contribution in [-0.4, -0.2) is 34.4 Å². The number of ether oxygens (including phenoxy) is 1. The predicted molar refractivity (Wildman–Crippen MR) is 95.4 cm³/mol. The molecule has 0 aliphatic carbocycles. The number of aromatic nitrogens is 2. The number of carbonyl (C=O) groups is 2. The van der Waals surface area contributed by atoms with Crippen LogP contribution in [0.5, 0.6) is 5.75 Å². The number of hydrogen-bond donors (Lipinski definition) is 2. The number of hydrogen-bond acceptors (Lipinski definition) is 6. The van der Waals surface area contributed by atoms with Crippen LogP contribution in [0.1, 0.15) is 22.0 Å². The first-order valence-electron chi connectivity index (χ1n) is 8.37. The van der Waals surface area contributed by atoms with Gasteiger partial charge in [0.25, 0.3) is 11.8 Å².